The minimum Gasteiger partial charge on any atom is -0.497 e. The van der Waals surface area contributed by atoms with Crippen molar-refractivity contribution in [2.75, 3.05) is 12.4 Å². The minimum atomic E-state index is -3.92. The molecule has 0 aliphatic rings. The maximum absolute atomic E-state index is 13.5. The first kappa shape index (κ1) is 21.8. The van der Waals surface area contributed by atoms with Gasteiger partial charge in [-0.25, -0.2) is 13.4 Å². The number of anilines is 1. The Balaban J connectivity index is 1.63. The molecule has 0 unspecified atom stereocenters. The van der Waals surface area contributed by atoms with Crippen LogP contribution in [-0.2, 0) is 16.4 Å². The van der Waals surface area contributed by atoms with Crippen molar-refractivity contribution in [3.05, 3.63) is 83.4 Å². The highest BCUT2D eigenvalue weighted by atomic mass is 32.2. The number of aromatic nitrogens is 4. The molecule has 1 N–H and O–H groups in total. The van der Waals surface area contributed by atoms with Gasteiger partial charge in [0.05, 0.1) is 17.5 Å². The van der Waals surface area contributed by atoms with Gasteiger partial charge in [-0.15, -0.1) is 5.10 Å². The maximum Gasteiger partial charge on any atom is 0.229 e. The Morgan fingerprint density at radius 2 is 1.79 bits per heavy atom. The summed E-state index contributed by atoms with van der Waals surface area (Å²) in [6.45, 7) is 4.29. The number of hydrogen-bond acceptors (Lipinski definition) is 7. The smallest absolute Gasteiger partial charge is 0.229 e. The number of nitrogens with zero attached hydrogens (tertiary/aromatic N) is 4. The van der Waals surface area contributed by atoms with E-state index in [1.54, 1.807) is 25.3 Å². The van der Waals surface area contributed by atoms with E-state index in [0.29, 0.717) is 17.9 Å². The highest BCUT2D eigenvalue weighted by molar-refractivity contribution is 7.91. The number of ether oxygens (including phenoxy) is 1. The first-order valence-electron chi connectivity index (χ1n) is 10.7. The average molecular weight is 474 g/mol. The molecule has 5 aromatic rings. The van der Waals surface area contributed by atoms with Gasteiger partial charge in [0, 0.05) is 11.9 Å². The third-order valence-electron chi connectivity index (χ3n) is 5.86. The number of benzene rings is 3. The van der Waals surface area contributed by atoms with Crippen molar-refractivity contribution >= 4 is 32.2 Å². The van der Waals surface area contributed by atoms with E-state index < -0.39 is 9.84 Å². The van der Waals surface area contributed by atoms with Crippen molar-refractivity contribution in [2.45, 2.75) is 30.3 Å². The number of fused-ring (bicyclic) bond motifs is 3. The molecule has 0 fully saturated rings. The molecule has 0 aliphatic carbocycles. The summed E-state index contributed by atoms with van der Waals surface area (Å²) in [4.78, 5) is 4.83. The van der Waals surface area contributed by atoms with Gasteiger partial charge in [0.2, 0.25) is 14.9 Å². The quantitative estimate of drug-likeness (QED) is 0.391. The minimum absolute atomic E-state index is 0.166. The Kier molecular flexibility index (Phi) is 5.41. The number of nitrogens with one attached hydrogen (secondary N) is 1. The Morgan fingerprint density at radius 3 is 2.59 bits per heavy atom. The summed E-state index contributed by atoms with van der Waals surface area (Å²) < 4.78 is 33.7. The summed E-state index contributed by atoms with van der Waals surface area (Å²) in [6, 6.07) is 20.3. The van der Waals surface area contributed by atoms with E-state index in [1.807, 2.05) is 62.4 Å². The Bertz CT molecular complexity index is 1640. The molecule has 0 saturated heterocycles. The Hall–Kier alpha value is -3.98. The molecule has 2 aromatic heterocycles. The van der Waals surface area contributed by atoms with Crippen molar-refractivity contribution < 1.29 is 13.2 Å². The van der Waals surface area contributed by atoms with Crippen LogP contribution in [0.15, 0.2) is 76.7 Å². The monoisotopic (exact) mass is 473 g/mol. The molecular weight excluding hydrogens is 450 g/mol. The van der Waals surface area contributed by atoms with E-state index in [1.165, 1.54) is 4.52 Å². The molecule has 0 amide bonds. The second-order valence-corrected chi connectivity index (χ2v) is 9.93. The summed E-state index contributed by atoms with van der Waals surface area (Å²) in [7, 11) is -2.30. The van der Waals surface area contributed by atoms with E-state index in [2.05, 4.69) is 20.6 Å². The summed E-state index contributed by atoms with van der Waals surface area (Å²) >= 11 is 0. The van der Waals surface area contributed by atoms with Crippen molar-refractivity contribution in [2.24, 2.45) is 0 Å². The predicted octanol–water partition coefficient (Wildman–Crippen LogP) is 4.35. The second kappa shape index (κ2) is 8.42. The van der Waals surface area contributed by atoms with Crippen molar-refractivity contribution in [3.8, 4) is 5.75 Å². The SMILES string of the molecule is COc1cccc(CNc2nc3c(S(=O)(=O)c4ccc(C)c(C)c4)nnn3c3ccccc23)c1. The lowest BCUT2D eigenvalue weighted by Gasteiger charge is -2.11. The summed E-state index contributed by atoms with van der Waals surface area (Å²) in [5.74, 6) is 1.30. The zero-order chi connectivity index (χ0) is 23.9. The normalized spacial score (nSPS) is 11.7. The van der Waals surface area contributed by atoms with Crippen LogP contribution in [0.3, 0.4) is 0 Å². The van der Waals surface area contributed by atoms with Gasteiger partial charge in [0.15, 0.2) is 5.65 Å². The largest absolute Gasteiger partial charge is 0.497 e. The molecule has 172 valence electrons. The molecule has 0 atom stereocenters. The lowest BCUT2D eigenvalue weighted by Crippen LogP contribution is -2.07. The van der Waals surface area contributed by atoms with Gasteiger partial charge in [-0.05, 0) is 66.9 Å². The van der Waals surface area contributed by atoms with Crippen LogP contribution in [0.2, 0.25) is 0 Å². The number of para-hydroxylation sites is 1. The summed E-state index contributed by atoms with van der Waals surface area (Å²) in [6.07, 6.45) is 0. The number of hydrogen-bond donors (Lipinski definition) is 1. The third-order valence-corrected chi connectivity index (χ3v) is 7.51. The summed E-state index contributed by atoms with van der Waals surface area (Å²) in [5.41, 5.74) is 3.77. The fourth-order valence-corrected chi connectivity index (χ4v) is 5.13. The van der Waals surface area contributed by atoms with Crippen LogP contribution >= 0.6 is 0 Å². The van der Waals surface area contributed by atoms with Crippen LogP contribution in [0.5, 0.6) is 5.75 Å². The van der Waals surface area contributed by atoms with E-state index in [0.717, 1.165) is 27.8 Å². The first-order chi connectivity index (χ1) is 16.4. The average Bonchev–Trinajstić information content (AvgIpc) is 3.29. The molecule has 8 nitrogen and oxygen atoms in total. The zero-order valence-electron chi connectivity index (χ0n) is 19.0. The zero-order valence-corrected chi connectivity index (χ0v) is 19.8. The number of aryl methyl sites for hydroxylation is 2. The van der Waals surface area contributed by atoms with E-state index in [-0.39, 0.29) is 15.6 Å². The Morgan fingerprint density at radius 1 is 0.971 bits per heavy atom. The van der Waals surface area contributed by atoms with Crippen molar-refractivity contribution in [1.29, 1.82) is 0 Å². The fourth-order valence-electron chi connectivity index (χ4n) is 3.81. The van der Waals surface area contributed by atoms with Crippen LogP contribution < -0.4 is 10.1 Å². The molecular formula is C25H23N5O3S. The molecule has 34 heavy (non-hydrogen) atoms. The molecule has 0 radical (unpaired) electrons. The van der Waals surface area contributed by atoms with Gasteiger partial charge in [-0.3, -0.25) is 0 Å². The summed E-state index contributed by atoms with van der Waals surface area (Å²) in [5, 5.41) is 12.2. The van der Waals surface area contributed by atoms with Crippen molar-refractivity contribution in [3.63, 3.8) is 0 Å². The molecule has 3 aromatic carbocycles. The molecule has 5 rings (SSSR count). The number of rotatable bonds is 6. The number of methoxy groups -OCH3 is 1. The molecule has 2 heterocycles. The van der Waals surface area contributed by atoms with E-state index in [4.69, 9.17) is 4.74 Å². The van der Waals surface area contributed by atoms with Crippen LogP contribution in [-0.4, -0.2) is 35.3 Å². The van der Waals surface area contributed by atoms with E-state index >= 15 is 0 Å². The van der Waals surface area contributed by atoms with Gasteiger partial charge in [-0.2, -0.15) is 4.52 Å². The second-order valence-electron chi connectivity index (χ2n) is 8.06. The molecule has 0 aliphatic heterocycles. The van der Waals surface area contributed by atoms with Gasteiger partial charge in [0.25, 0.3) is 0 Å². The van der Waals surface area contributed by atoms with Crippen LogP contribution in [0.4, 0.5) is 5.82 Å². The highest BCUT2D eigenvalue weighted by Crippen LogP contribution is 2.29. The van der Waals surface area contributed by atoms with Gasteiger partial charge in [-0.1, -0.05) is 35.5 Å². The van der Waals surface area contributed by atoms with Gasteiger partial charge >= 0.3 is 0 Å². The van der Waals surface area contributed by atoms with Crippen LogP contribution in [0.1, 0.15) is 16.7 Å². The maximum atomic E-state index is 13.5. The Labute approximate surface area is 197 Å². The predicted molar refractivity (Wildman–Crippen MR) is 130 cm³/mol. The topological polar surface area (TPSA) is 98.5 Å². The first-order valence-corrected chi connectivity index (χ1v) is 12.2. The van der Waals surface area contributed by atoms with Crippen LogP contribution in [0.25, 0.3) is 16.6 Å². The standard InChI is InChI=1S/C25H23N5O3S/c1-16-11-12-20(13-17(16)2)34(31,32)25-24-27-23(26-15-18-7-6-8-19(14-18)33-3)21-9-4-5-10-22(21)30(24)29-28-25/h4-14H,15H2,1-3H3,(H,26,27). The third kappa shape index (κ3) is 3.73. The van der Waals surface area contributed by atoms with Crippen molar-refractivity contribution in [1.82, 2.24) is 19.8 Å². The fraction of sp³-hybridized carbons (Fsp3) is 0.160. The molecule has 0 saturated carbocycles. The molecule has 0 spiro atoms. The van der Waals surface area contributed by atoms with Gasteiger partial charge in [0.1, 0.15) is 11.6 Å². The number of sulfone groups is 1. The lowest BCUT2D eigenvalue weighted by molar-refractivity contribution is 0.414. The molecule has 0 bridgehead atoms. The lowest BCUT2D eigenvalue weighted by atomic mass is 10.1. The van der Waals surface area contributed by atoms with Gasteiger partial charge < -0.3 is 10.1 Å². The van der Waals surface area contributed by atoms with Crippen LogP contribution in [0, 0.1) is 13.8 Å². The molecule has 9 heteroatoms. The van der Waals surface area contributed by atoms with E-state index in [9.17, 15) is 8.42 Å². The highest BCUT2D eigenvalue weighted by Gasteiger charge is 2.27.